The molecule has 0 saturated heterocycles. The first-order chi connectivity index (χ1) is 11.9. The highest BCUT2D eigenvalue weighted by Crippen LogP contribution is 2.28. The molecule has 0 aliphatic rings. The monoisotopic (exact) mass is 336 g/mol. The number of imidazole rings is 1. The summed E-state index contributed by atoms with van der Waals surface area (Å²) in [6.45, 7) is 7.95. The van der Waals surface area contributed by atoms with E-state index in [1.807, 2.05) is 32.0 Å². The van der Waals surface area contributed by atoms with Crippen molar-refractivity contribution in [2.24, 2.45) is 5.92 Å². The Morgan fingerprint density at radius 2 is 1.96 bits per heavy atom. The van der Waals surface area contributed by atoms with Crippen molar-refractivity contribution >= 4 is 16.9 Å². The number of hydrogen-bond donors (Lipinski definition) is 2. The lowest BCUT2D eigenvalue weighted by Crippen LogP contribution is -2.44. The summed E-state index contributed by atoms with van der Waals surface area (Å²) in [6.07, 6.45) is 4.31. The molecule has 5 heteroatoms. The van der Waals surface area contributed by atoms with Crippen molar-refractivity contribution in [1.82, 2.24) is 20.3 Å². The topological polar surface area (TPSA) is 70.7 Å². The third-order valence-corrected chi connectivity index (χ3v) is 4.70. The zero-order chi connectivity index (χ0) is 18.0. The first kappa shape index (κ1) is 17.1. The van der Waals surface area contributed by atoms with Gasteiger partial charge in [0.25, 0.3) is 0 Å². The number of rotatable bonds is 5. The maximum atomic E-state index is 12.2. The number of pyridine rings is 1. The standard InChI is InChI=1S/C20H24N4O/c1-5-20(4,24-19(25)13(2)3)15-6-7-16-17(12-15)23-18(22-16)14-8-10-21-11-9-14/h6-13H,5H2,1-4H3,(H,22,23)(H,24,25). The molecule has 0 bridgehead atoms. The SMILES string of the molecule is CCC(C)(NC(=O)C(C)C)c1ccc2[nH]c(-c3ccncc3)nc2c1. The number of benzene rings is 1. The molecule has 0 spiro atoms. The summed E-state index contributed by atoms with van der Waals surface area (Å²) >= 11 is 0. The van der Waals surface area contributed by atoms with Gasteiger partial charge in [0, 0.05) is 23.9 Å². The van der Waals surface area contributed by atoms with Gasteiger partial charge in [-0.15, -0.1) is 0 Å². The molecule has 5 nitrogen and oxygen atoms in total. The van der Waals surface area contributed by atoms with Gasteiger partial charge >= 0.3 is 0 Å². The minimum atomic E-state index is -0.411. The molecule has 1 unspecified atom stereocenters. The minimum Gasteiger partial charge on any atom is -0.347 e. The Hall–Kier alpha value is -2.69. The molecule has 2 N–H and O–H groups in total. The minimum absolute atomic E-state index is 0.0433. The number of nitrogens with zero attached hydrogens (tertiary/aromatic N) is 2. The van der Waals surface area contributed by atoms with Crippen molar-refractivity contribution in [2.75, 3.05) is 0 Å². The Balaban J connectivity index is 1.98. The van der Waals surface area contributed by atoms with E-state index in [9.17, 15) is 4.79 Å². The second kappa shape index (κ2) is 6.67. The van der Waals surface area contributed by atoms with Crippen LogP contribution in [0.2, 0.25) is 0 Å². The lowest BCUT2D eigenvalue weighted by atomic mass is 9.88. The first-order valence-corrected chi connectivity index (χ1v) is 8.65. The van der Waals surface area contributed by atoms with Crippen molar-refractivity contribution in [1.29, 1.82) is 0 Å². The molecule has 0 aliphatic carbocycles. The number of fused-ring (bicyclic) bond motifs is 1. The molecule has 1 amide bonds. The Labute approximate surface area is 147 Å². The molecule has 0 saturated carbocycles. The third-order valence-electron chi connectivity index (χ3n) is 4.70. The van der Waals surface area contributed by atoms with Gasteiger partial charge in [0.15, 0.2) is 0 Å². The Kier molecular flexibility index (Phi) is 4.57. The van der Waals surface area contributed by atoms with Crippen molar-refractivity contribution in [3.63, 3.8) is 0 Å². The smallest absolute Gasteiger partial charge is 0.223 e. The zero-order valence-electron chi connectivity index (χ0n) is 15.1. The van der Waals surface area contributed by atoms with Crippen molar-refractivity contribution < 1.29 is 4.79 Å². The van der Waals surface area contributed by atoms with E-state index >= 15 is 0 Å². The lowest BCUT2D eigenvalue weighted by molar-refractivity contribution is -0.126. The molecule has 0 fully saturated rings. The number of H-pyrrole nitrogens is 1. The van der Waals surface area contributed by atoms with Crippen LogP contribution < -0.4 is 5.32 Å². The Morgan fingerprint density at radius 3 is 2.60 bits per heavy atom. The van der Waals surface area contributed by atoms with Crippen LogP contribution in [0.3, 0.4) is 0 Å². The number of hydrogen-bond acceptors (Lipinski definition) is 3. The molecule has 0 radical (unpaired) electrons. The number of carbonyl (C=O) groups excluding carboxylic acids is 1. The molecule has 0 aliphatic heterocycles. The van der Waals surface area contributed by atoms with Gasteiger partial charge in [0.05, 0.1) is 16.6 Å². The molecule has 25 heavy (non-hydrogen) atoms. The van der Waals surface area contributed by atoms with Gasteiger partial charge in [0.2, 0.25) is 5.91 Å². The second-order valence-corrected chi connectivity index (χ2v) is 6.88. The van der Waals surface area contributed by atoms with Gasteiger partial charge in [-0.05, 0) is 43.2 Å². The number of carbonyl (C=O) groups is 1. The van der Waals surface area contributed by atoms with Gasteiger partial charge in [-0.3, -0.25) is 9.78 Å². The summed E-state index contributed by atoms with van der Waals surface area (Å²) in [7, 11) is 0. The third kappa shape index (κ3) is 3.40. The van der Waals surface area contributed by atoms with Crippen molar-refractivity contribution in [3.8, 4) is 11.4 Å². The van der Waals surface area contributed by atoms with Gasteiger partial charge in [-0.25, -0.2) is 4.98 Å². The molecule has 1 aromatic carbocycles. The van der Waals surface area contributed by atoms with Crippen LogP contribution in [0.4, 0.5) is 0 Å². The summed E-state index contributed by atoms with van der Waals surface area (Å²) in [5, 5.41) is 3.18. The summed E-state index contributed by atoms with van der Waals surface area (Å²) in [5.41, 5.74) is 3.51. The van der Waals surface area contributed by atoms with E-state index in [2.05, 4.69) is 41.3 Å². The van der Waals surface area contributed by atoms with Crippen LogP contribution in [0, 0.1) is 5.92 Å². The lowest BCUT2D eigenvalue weighted by Gasteiger charge is -2.31. The zero-order valence-corrected chi connectivity index (χ0v) is 15.1. The summed E-state index contributed by atoms with van der Waals surface area (Å²) in [5.74, 6) is 0.834. The number of aromatic amines is 1. The van der Waals surface area contributed by atoms with E-state index in [0.29, 0.717) is 0 Å². The number of aromatic nitrogens is 3. The molecular formula is C20H24N4O. The van der Waals surface area contributed by atoms with E-state index in [0.717, 1.165) is 34.4 Å². The van der Waals surface area contributed by atoms with Crippen LogP contribution in [-0.2, 0) is 10.3 Å². The maximum absolute atomic E-state index is 12.2. The van der Waals surface area contributed by atoms with Crippen LogP contribution in [0.25, 0.3) is 22.4 Å². The Morgan fingerprint density at radius 1 is 1.24 bits per heavy atom. The summed E-state index contributed by atoms with van der Waals surface area (Å²) in [4.78, 5) is 24.3. The summed E-state index contributed by atoms with van der Waals surface area (Å²) < 4.78 is 0. The molecule has 2 heterocycles. The van der Waals surface area contributed by atoms with E-state index in [1.54, 1.807) is 12.4 Å². The second-order valence-electron chi connectivity index (χ2n) is 6.88. The van der Waals surface area contributed by atoms with Crippen LogP contribution in [0.1, 0.15) is 39.7 Å². The predicted molar refractivity (Wildman–Crippen MR) is 99.9 cm³/mol. The van der Waals surface area contributed by atoms with Crippen molar-refractivity contribution in [2.45, 2.75) is 39.7 Å². The molecule has 2 aromatic heterocycles. The normalized spacial score (nSPS) is 13.8. The van der Waals surface area contributed by atoms with E-state index < -0.39 is 5.54 Å². The molecule has 3 aromatic rings. The fourth-order valence-electron chi connectivity index (χ4n) is 2.78. The van der Waals surface area contributed by atoms with Gasteiger partial charge in [-0.2, -0.15) is 0 Å². The largest absolute Gasteiger partial charge is 0.347 e. The van der Waals surface area contributed by atoms with Crippen LogP contribution in [0.5, 0.6) is 0 Å². The van der Waals surface area contributed by atoms with Crippen LogP contribution in [-0.4, -0.2) is 20.9 Å². The number of amides is 1. The molecule has 1 atom stereocenters. The fourth-order valence-corrected chi connectivity index (χ4v) is 2.78. The molecule has 3 rings (SSSR count). The molecule has 130 valence electrons. The fraction of sp³-hybridized carbons (Fsp3) is 0.350. The first-order valence-electron chi connectivity index (χ1n) is 8.65. The van der Waals surface area contributed by atoms with E-state index in [1.165, 1.54) is 0 Å². The van der Waals surface area contributed by atoms with Gasteiger partial charge < -0.3 is 10.3 Å². The summed E-state index contributed by atoms with van der Waals surface area (Å²) in [6, 6.07) is 9.99. The van der Waals surface area contributed by atoms with E-state index in [4.69, 9.17) is 4.98 Å². The average molecular weight is 336 g/mol. The maximum Gasteiger partial charge on any atom is 0.223 e. The quantitative estimate of drug-likeness (QED) is 0.739. The van der Waals surface area contributed by atoms with Crippen LogP contribution in [0.15, 0.2) is 42.7 Å². The van der Waals surface area contributed by atoms with Crippen molar-refractivity contribution in [3.05, 3.63) is 48.3 Å². The van der Waals surface area contributed by atoms with Gasteiger partial charge in [0.1, 0.15) is 5.82 Å². The predicted octanol–water partition coefficient (Wildman–Crippen LogP) is 4.02. The highest BCUT2D eigenvalue weighted by molar-refractivity contribution is 5.81. The Bertz CT molecular complexity index is 885. The number of nitrogens with one attached hydrogen (secondary N) is 2. The highest BCUT2D eigenvalue weighted by atomic mass is 16.2. The van der Waals surface area contributed by atoms with Crippen LogP contribution >= 0.6 is 0 Å². The molecular weight excluding hydrogens is 312 g/mol. The van der Waals surface area contributed by atoms with E-state index in [-0.39, 0.29) is 11.8 Å². The van der Waals surface area contributed by atoms with Gasteiger partial charge in [-0.1, -0.05) is 26.8 Å². The highest BCUT2D eigenvalue weighted by Gasteiger charge is 2.28. The average Bonchev–Trinajstić information content (AvgIpc) is 3.05.